The molecule has 3 heteroatoms. The molecule has 3 nitrogen and oxygen atoms in total. The Bertz CT molecular complexity index is 577. The number of hydrogen-bond donors (Lipinski definition) is 0. The summed E-state index contributed by atoms with van der Waals surface area (Å²) in [5.74, 6) is 1.62. The zero-order valence-electron chi connectivity index (χ0n) is 13.8. The highest BCUT2D eigenvalue weighted by Gasteiger charge is 2.06. The molecule has 0 saturated heterocycles. The molecule has 2 aromatic carbocycles. The Morgan fingerprint density at radius 1 is 1.09 bits per heavy atom. The number of hydrogen-bond acceptors (Lipinski definition) is 3. The Balaban J connectivity index is 0.000000255. The molecule has 0 fully saturated rings. The minimum Gasteiger partial charge on any atom is -0.497 e. The number of benzene rings is 2. The first-order chi connectivity index (χ1) is 10.6. The summed E-state index contributed by atoms with van der Waals surface area (Å²) < 4.78 is 10.4. The molecule has 0 aliphatic carbocycles. The van der Waals surface area contributed by atoms with Crippen LogP contribution in [0.4, 0.5) is 0 Å². The number of para-hydroxylation sites is 1. The number of carbonyl (C=O) groups is 1. The SMILES string of the molecule is CCCOc1cc(C)cc(C)c1C=O.COc1ccccc1. The molecule has 0 saturated carbocycles. The third kappa shape index (κ3) is 5.60. The van der Waals surface area contributed by atoms with Gasteiger partial charge in [0.05, 0.1) is 19.3 Å². The molecule has 0 aliphatic rings. The third-order valence-corrected chi connectivity index (χ3v) is 3.05. The van der Waals surface area contributed by atoms with Crippen molar-refractivity contribution < 1.29 is 14.3 Å². The third-order valence-electron chi connectivity index (χ3n) is 3.05. The van der Waals surface area contributed by atoms with Crippen molar-refractivity contribution in [2.45, 2.75) is 27.2 Å². The first-order valence-electron chi connectivity index (χ1n) is 7.40. The fourth-order valence-corrected chi connectivity index (χ4v) is 1.98. The maximum atomic E-state index is 10.8. The lowest BCUT2D eigenvalue weighted by atomic mass is 10.1. The van der Waals surface area contributed by atoms with E-state index in [1.54, 1.807) is 7.11 Å². The predicted molar refractivity (Wildman–Crippen MR) is 90.1 cm³/mol. The topological polar surface area (TPSA) is 35.5 Å². The molecule has 0 heterocycles. The highest BCUT2D eigenvalue weighted by molar-refractivity contribution is 5.81. The predicted octanol–water partition coefficient (Wildman–Crippen LogP) is 4.60. The van der Waals surface area contributed by atoms with Gasteiger partial charge in [-0.3, -0.25) is 4.79 Å². The summed E-state index contributed by atoms with van der Waals surface area (Å²) in [6.45, 7) is 6.63. The summed E-state index contributed by atoms with van der Waals surface area (Å²) in [6, 6.07) is 13.6. The van der Waals surface area contributed by atoms with E-state index in [-0.39, 0.29) is 0 Å². The van der Waals surface area contributed by atoms with Crippen molar-refractivity contribution in [1.29, 1.82) is 0 Å². The van der Waals surface area contributed by atoms with Crippen molar-refractivity contribution in [1.82, 2.24) is 0 Å². The maximum absolute atomic E-state index is 10.8. The smallest absolute Gasteiger partial charge is 0.154 e. The van der Waals surface area contributed by atoms with Crippen LogP contribution in [0, 0.1) is 13.8 Å². The molecule has 0 aromatic heterocycles. The number of aldehydes is 1. The first-order valence-corrected chi connectivity index (χ1v) is 7.40. The summed E-state index contributed by atoms with van der Waals surface area (Å²) in [6.07, 6.45) is 1.81. The monoisotopic (exact) mass is 300 g/mol. The average Bonchev–Trinajstić information content (AvgIpc) is 2.54. The minimum absolute atomic E-state index is 0.656. The van der Waals surface area contributed by atoms with Gasteiger partial charge in [-0.05, 0) is 49.6 Å². The second-order valence-corrected chi connectivity index (χ2v) is 4.98. The van der Waals surface area contributed by atoms with E-state index in [0.29, 0.717) is 17.9 Å². The first kappa shape index (κ1) is 17.8. The van der Waals surface area contributed by atoms with E-state index in [1.165, 1.54) is 0 Å². The Kier molecular flexibility index (Phi) is 7.76. The van der Waals surface area contributed by atoms with E-state index in [2.05, 4.69) is 0 Å². The highest BCUT2D eigenvalue weighted by Crippen LogP contribution is 2.22. The van der Waals surface area contributed by atoms with Gasteiger partial charge in [0.2, 0.25) is 0 Å². The van der Waals surface area contributed by atoms with Gasteiger partial charge in [-0.15, -0.1) is 0 Å². The molecule has 22 heavy (non-hydrogen) atoms. The summed E-state index contributed by atoms with van der Waals surface area (Å²) in [5.41, 5.74) is 2.77. The average molecular weight is 300 g/mol. The molecule has 0 atom stereocenters. The normalized spacial score (nSPS) is 9.45. The van der Waals surface area contributed by atoms with Crippen LogP contribution in [0.5, 0.6) is 11.5 Å². The van der Waals surface area contributed by atoms with Crippen molar-refractivity contribution in [2.75, 3.05) is 13.7 Å². The zero-order chi connectivity index (χ0) is 16.4. The molecule has 0 amide bonds. The Morgan fingerprint density at radius 2 is 1.77 bits per heavy atom. The van der Waals surface area contributed by atoms with E-state index in [1.807, 2.05) is 63.2 Å². The summed E-state index contributed by atoms with van der Waals surface area (Å²) in [4.78, 5) is 10.8. The fourth-order valence-electron chi connectivity index (χ4n) is 1.98. The van der Waals surface area contributed by atoms with E-state index in [9.17, 15) is 4.79 Å². The van der Waals surface area contributed by atoms with Crippen LogP contribution in [0.2, 0.25) is 0 Å². The second-order valence-electron chi connectivity index (χ2n) is 4.98. The van der Waals surface area contributed by atoms with E-state index < -0.39 is 0 Å². The van der Waals surface area contributed by atoms with Crippen LogP contribution in [-0.2, 0) is 0 Å². The van der Waals surface area contributed by atoms with E-state index in [0.717, 1.165) is 29.6 Å². The number of carbonyl (C=O) groups excluding carboxylic acids is 1. The standard InChI is InChI=1S/C12H16O2.C7H8O/c1-4-5-14-12-7-9(2)6-10(3)11(12)8-13;1-8-7-5-3-2-4-6-7/h6-8H,4-5H2,1-3H3;2-6H,1H3. The van der Waals surface area contributed by atoms with Gasteiger partial charge < -0.3 is 9.47 Å². The molecule has 0 spiro atoms. The lowest BCUT2D eigenvalue weighted by molar-refractivity contribution is 0.111. The van der Waals surface area contributed by atoms with Gasteiger partial charge in [-0.25, -0.2) is 0 Å². The van der Waals surface area contributed by atoms with Crippen LogP contribution >= 0.6 is 0 Å². The van der Waals surface area contributed by atoms with Crippen molar-refractivity contribution in [3.63, 3.8) is 0 Å². The number of methoxy groups -OCH3 is 1. The Labute approximate surface area is 132 Å². The summed E-state index contributed by atoms with van der Waals surface area (Å²) >= 11 is 0. The molecule has 118 valence electrons. The van der Waals surface area contributed by atoms with Crippen molar-refractivity contribution in [3.8, 4) is 11.5 Å². The highest BCUT2D eigenvalue weighted by atomic mass is 16.5. The molecule has 0 aliphatic heterocycles. The van der Waals surface area contributed by atoms with Gasteiger partial charge in [0.25, 0.3) is 0 Å². The van der Waals surface area contributed by atoms with Gasteiger partial charge in [0.1, 0.15) is 11.5 Å². The van der Waals surface area contributed by atoms with Gasteiger partial charge >= 0.3 is 0 Å². The molecule has 0 unspecified atom stereocenters. The number of rotatable bonds is 5. The Hall–Kier alpha value is -2.29. The number of aryl methyl sites for hydroxylation is 2. The van der Waals surface area contributed by atoms with Gasteiger partial charge in [0.15, 0.2) is 6.29 Å². The minimum atomic E-state index is 0.656. The van der Waals surface area contributed by atoms with Crippen LogP contribution in [0.3, 0.4) is 0 Å². The molecule has 2 aromatic rings. The molecule has 0 bridgehead atoms. The van der Waals surface area contributed by atoms with Crippen LogP contribution in [0.1, 0.15) is 34.8 Å². The quantitative estimate of drug-likeness (QED) is 0.757. The second kappa shape index (κ2) is 9.61. The molecule has 0 radical (unpaired) electrons. The largest absolute Gasteiger partial charge is 0.497 e. The van der Waals surface area contributed by atoms with Crippen LogP contribution in [0.15, 0.2) is 42.5 Å². The molecule has 0 N–H and O–H groups in total. The van der Waals surface area contributed by atoms with Crippen LogP contribution in [-0.4, -0.2) is 20.0 Å². The zero-order valence-corrected chi connectivity index (χ0v) is 13.8. The van der Waals surface area contributed by atoms with Crippen molar-refractivity contribution in [3.05, 3.63) is 59.2 Å². The molecule has 2 rings (SSSR count). The lowest BCUT2D eigenvalue weighted by Crippen LogP contribution is -2.00. The maximum Gasteiger partial charge on any atom is 0.154 e. The van der Waals surface area contributed by atoms with Crippen molar-refractivity contribution in [2.24, 2.45) is 0 Å². The van der Waals surface area contributed by atoms with Crippen molar-refractivity contribution >= 4 is 6.29 Å². The Morgan fingerprint density at radius 3 is 2.27 bits per heavy atom. The number of ether oxygens (including phenoxy) is 2. The molecular weight excluding hydrogens is 276 g/mol. The summed E-state index contributed by atoms with van der Waals surface area (Å²) in [7, 11) is 1.66. The van der Waals surface area contributed by atoms with E-state index >= 15 is 0 Å². The lowest BCUT2D eigenvalue weighted by Gasteiger charge is -2.10. The molecular formula is C19H24O3. The van der Waals surface area contributed by atoms with E-state index in [4.69, 9.17) is 9.47 Å². The van der Waals surface area contributed by atoms with Crippen LogP contribution < -0.4 is 9.47 Å². The van der Waals surface area contributed by atoms with Crippen LogP contribution in [0.25, 0.3) is 0 Å². The van der Waals surface area contributed by atoms with Gasteiger partial charge in [-0.1, -0.05) is 31.2 Å². The summed E-state index contributed by atoms with van der Waals surface area (Å²) in [5, 5.41) is 0. The van der Waals surface area contributed by atoms with Gasteiger partial charge in [0, 0.05) is 0 Å². The fraction of sp³-hybridized carbons (Fsp3) is 0.316. The van der Waals surface area contributed by atoms with Gasteiger partial charge in [-0.2, -0.15) is 0 Å².